The Morgan fingerprint density at radius 3 is 2.48 bits per heavy atom. The van der Waals surface area contributed by atoms with Gasteiger partial charge in [-0.3, -0.25) is 4.79 Å². The van der Waals surface area contributed by atoms with Gasteiger partial charge in [-0.1, -0.05) is 13.8 Å². The molecule has 4 N–H and O–H groups in total. The van der Waals surface area contributed by atoms with Crippen molar-refractivity contribution in [3.05, 3.63) is 21.9 Å². The number of ether oxygens (including phenoxy) is 1. The SMILES string of the molecule is CC(C)C(CNCc1cc(C(N)=O)cs1)NC(=O)OC(C)(C)C. The van der Waals surface area contributed by atoms with Gasteiger partial charge in [-0.05, 0) is 32.8 Å². The smallest absolute Gasteiger partial charge is 0.407 e. The van der Waals surface area contributed by atoms with E-state index in [9.17, 15) is 9.59 Å². The van der Waals surface area contributed by atoms with Gasteiger partial charge in [0.15, 0.2) is 0 Å². The average Bonchev–Trinajstić information content (AvgIpc) is 2.84. The Bertz CT molecular complexity index is 535. The van der Waals surface area contributed by atoms with Crippen LogP contribution >= 0.6 is 11.3 Å². The van der Waals surface area contributed by atoms with Crippen LogP contribution in [0.1, 0.15) is 49.9 Å². The van der Waals surface area contributed by atoms with Crippen LogP contribution in [-0.4, -0.2) is 30.2 Å². The lowest BCUT2D eigenvalue weighted by molar-refractivity contribution is 0.0490. The maximum Gasteiger partial charge on any atom is 0.407 e. The molecule has 0 aromatic carbocycles. The van der Waals surface area contributed by atoms with E-state index >= 15 is 0 Å². The fraction of sp³-hybridized carbons (Fsp3) is 0.625. The van der Waals surface area contributed by atoms with Crippen molar-refractivity contribution < 1.29 is 14.3 Å². The van der Waals surface area contributed by atoms with E-state index in [1.165, 1.54) is 11.3 Å². The predicted molar refractivity (Wildman–Crippen MR) is 92.5 cm³/mol. The first-order valence-corrected chi connectivity index (χ1v) is 8.54. The van der Waals surface area contributed by atoms with Crippen molar-refractivity contribution in [1.82, 2.24) is 10.6 Å². The van der Waals surface area contributed by atoms with E-state index in [1.807, 2.05) is 34.6 Å². The van der Waals surface area contributed by atoms with E-state index in [2.05, 4.69) is 10.6 Å². The second-order valence-corrected chi connectivity index (χ2v) is 7.79. The maximum absolute atomic E-state index is 11.9. The average molecular weight is 341 g/mol. The summed E-state index contributed by atoms with van der Waals surface area (Å²) in [5.41, 5.74) is 5.25. The molecule has 0 saturated heterocycles. The molecule has 1 atom stereocenters. The number of rotatable bonds is 7. The second-order valence-electron chi connectivity index (χ2n) is 6.79. The van der Waals surface area contributed by atoms with Crippen LogP contribution in [0.4, 0.5) is 4.79 Å². The molecule has 0 aliphatic carbocycles. The zero-order valence-corrected chi connectivity index (χ0v) is 15.3. The number of nitrogens with two attached hydrogens (primary N) is 1. The van der Waals surface area contributed by atoms with Gasteiger partial charge in [0.2, 0.25) is 5.91 Å². The van der Waals surface area contributed by atoms with E-state index in [1.54, 1.807) is 11.4 Å². The highest BCUT2D eigenvalue weighted by atomic mass is 32.1. The van der Waals surface area contributed by atoms with E-state index in [0.717, 1.165) is 4.88 Å². The number of alkyl carbamates (subject to hydrolysis) is 1. The number of hydrogen-bond acceptors (Lipinski definition) is 5. The topological polar surface area (TPSA) is 93.5 Å². The van der Waals surface area contributed by atoms with Crippen molar-refractivity contribution in [3.8, 4) is 0 Å². The highest BCUT2D eigenvalue weighted by molar-refractivity contribution is 7.10. The largest absolute Gasteiger partial charge is 0.444 e. The lowest BCUT2D eigenvalue weighted by atomic mass is 10.0. The molecule has 0 bridgehead atoms. The quantitative estimate of drug-likeness (QED) is 0.710. The minimum atomic E-state index is -0.513. The summed E-state index contributed by atoms with van der Waals surface area (Å²) in [6.45, 7) is 10.8. The summed E-state index contributed by atoms with van der Waals surface area (Å²) in [6.07, 6.45) is -0.412. The van der Waals surface area contributed by atoms with Gasteiger partial charge in [0.25, 0.3) is 0 Å². The van der Waals surface area contributed by atoms with Crippen LogP contribution in [0.25, 0.3) is 0 Å². The Balaban J connectivity index is 2.46. The Morgan fingerprint density at radius 1 is 1.35 bits per heavy atom. The number of nitrogens with one attached hydrogen (secondary N) is 2. The summed E-state index contributed by atoms with van der Waals surface area (Å²) < 4.78 is 5.29. The van der Waals surface area contributed by atoms with E-state index in [-0.39, 0.29) is 12.0 Å². The van der Waals surface area contributed by atoms with Crippen molar-refractivity contribution in [3.63, 3.8) is 0 Å². The van der Waals surface area contributed by atoms with Crippen LogP contribution < -0.4 is 16.4 Å². The number of carbonyl (C=O) groups excluding carboxylic acids is 2. The zero-order chi connectivity index (χ0) is 17.6. The standard InChI is InChI=1S/C16H27N3O3S/c1-10(2)13(19-15(21)22-16(3,4)5)8-18-7-12-6-11(9-23-12)14(17)20/h6,9-10,13,18H,7-8H2,1-5H3,(H2,17,20)(H,19,21). The van der Waals surface area contributed by atoms with Crippen molar-refractivity contribution in [2.24, 2.45) is 11.7 Å². The summed E-state index contributed by atoms with van der Waals surface area (Å²) in [5.74, 6) is -0.154. The molecule has 7 heteroatoms. The summed E-state index contributed by atoms with van der Waals surface area (Å²) >= 11 is 1.48. The molecule has 0 saturated carbocycles. The third-order valence-electron chi connectivity index (χ3n) is 3.11. The minimum Gasteiger partial charge on any atom is -0.444 e. The van der Waals surface area contributed by atoms with Gasteiger partial charge >= 0.3 is 6.09 Å². The molecule has 0 radical (unpaired) electrons. The third kappa shape index (κ3) is 7.47. The maximum atomic E-state index is 11.9. The van der Waals surface area contributed by atoms with Crippen molar-refractivity contribution in [2.45, 2.75) is 52.8 Å². The highest BCUT2D eigenvalue weighted by Crippen LogP contribution is 2.14. The van der Waals surface area contributed by atoms with Gasteiger partial charge in [0, 0.05) is 29.4 Å². The van der Waals surface area contributed by atoms with E-state index < -0.39 is 17.6 Å². The lowest BCUT2D eigenvalue weighted by Crippen LogP contribution is -2.46. The molecule has 1 aromatic heterocycles. The number of amides is 2. The van der Waals surface area contributed by atoms with Gasteiger partial charge < -0.3 is 21.1 Å². The monoisotopic (exact) mass is 341 g/mol. The number of thiophene rings is 1. The molecule has 1 rings (SSSR count). The first-order chi connectivity index (χ1) is 10.6. The van der Waals surface area contributed by atoms with Gasteiger partial charge in [-0.15, -0.1) is 11.3 Å². The van der Waals surface area contributed by atoms with Gasteiger partial charge in [0.1, 0.15) is 5.60 Å². The molecule has 1 unspecified atom stereocenters. The van der Waals surface area contributed by atoms with Crippen LogP contribution in [-0.2, 0) is 11.3 Å². The molecule has 1 heterocycles. The lowest BCUT2D eigenvalue weighted by Gasteiger charge is -2.26. The molecule has 0 aliphatic heterocycles. The Hall–Kier alpha value is -1.60. The summed E-state index contributed by atoms with van der Waals surface area (Å²) in [5, 5.41) is 7.93. The first-order valence-electron chi connectivity index (χ1n) is 7.66. The van der Waals surface area contributed by atoms with Crippen LogP contribution in [0.15, 0.2) is 11.4 Å². The molecule has 0 fully saturated rings. The van der Waals surface area contributed by atoms with E-state index in [0.29, 0.717) is 18.7 Å². The Labute approximate surface area is 141 Å². The van der Waals surface area contributed by atoms with Crippen molar-refractivity contribution in [1.29, 1.82) is 0 Å². The summed E-state index contributed by atoms with van der Waals surface area (Å²) in [6, 6.07) is 1.74. The summed E-state index contributed by atoms with van der Waals surface area (Å²) in [4.78, 5) is 24.0. The first kappa shape index (κ1) is 19.4. The minimum absolute atomic E-state index is 0.0413. The van der Waals surface area contributed by atoms with Crippen LogP contribution in [0.2, 0.25) is 0 Å². The normalized spacial score (nSPS) is 13.0. The number of primary amides is 1. The molecule has 6 nitrogen and oxygen atoms in total. The Kier molecular flexibility index (Phi) is 7.02. The third-order valence-corrected chi connectivity index (χ3v) is 4.05. The van der Waals surface area contributed by atoms with Gasteiger partial charge in [0.05, 0.1) is 5.56 Å². The van der Waals surface area contributed by atoms with E-state index in [4.69, 9.17) is 10.5 Å². The molecule has 130 valence electrons. The Morgan fingerprint density at radius 2 is 2.00 bits per heavy atom. The molecular formula is C16H27N3O3S. The fourth-order valence-electron chi connectivity index (χ4n) is 1.87. The summed E-state index contributed by atoms with van der Waals surface area (Å²) in [7, 11) is 0. The van der Waals surface area contributed by atoms with Crippen LogP contribution in [0.5, 0.6) is 0 Å². The predicted octanol–water partition coefficient (Wildman–Crippen LogP) is 2.49. The fourth-order valence-corrected chi connectivity index (χ4v) is 2.71. The molecule has 0 spiro atoms. The van der Waals surface area contributed by atoms with Crippen LogP contribution in [0, 0.1) is 5.92 Å². The highest BCUT2D eigenvalue weighted by Gasteiger charge is 2.21. The van der Waals surface area contributed by atoms with Crippen molar-refractivity contribution in [2.75, 3.05) is 6.54 Å². The molecule has 2 amide bonds. The van der Waals surface area contributed by atoms with Crippen molar-refractivity contribution >= 4 is 23.3 Å². The molecule has 1 aromatic rings. The number of hydrogen-bond donors (Lipinski definition) is 3. The second kappa shape index (κ2) is 8.31. The zero-order valence-electron chi connectivity index (χ0n) is 14.4. The molecule has 23 heavy (non-hydrogen) atoms. The van der Waals surface area contributed by atoms with Gasteiger partial charge in [-0.25, -0.2) is 4.79 Å². The molecule has 0 aliphatic rings. The number of carbonyl (C=O) groups is 2. The van der Waals surface area contributed by atoms with Crippen LogP contribution in [0.3, 0.4) is 0 Å². The molecular weight excluding hydrogens is 314 g/mol. The van der Waals surface area contributed by atoms with Gasteiger partial charge in [-0.2, -0.15) is 0 Å².